The molecule has 0 radical (unpaired) electrons. The van der Waals surface area contributed by atoms with Gasteiger partial charge in [0.05, 0.1) is 20.6 Å². The lowest BCUT2D eigenvalue weighted by atomic mass is 10.0. The summed E-state index contributed by atoms with van der Waals surface area (Å²) < 4.78 is 10.2. The molecule has 15 heavy (non-hydrogen) atoms. The minimum absolute atomic E-state index is 0.0427. The number of aliphatic carboxylic acids is 1. The van der Waals surface area contributed by atoms with Gasteiger partial charge in [0.15, 0.2) is 0 Å². The number of carboxylic acid groups (broad SMARTS) is 1. The fraction of sp³-hybridized carbons (Fsp3) is 0.364. The fourth-order valence-corrected chi connectivity index (χ4v) is 1.43. The summed E-state index contributed by atoms with van der Waals surface area (Å²) in [6, 6.07) is 3.48. The highest BCUT2D eigenvalue weighted by atomic mass is 16.5. The van der Waals surface area contributed by atoms with Crippen molar-refractivity contribution >= 4 is 5.97 Å². The molecule has 0 aliphatic rings. The highest BCUT2D eigenvalue weighted by molar-refractivity contribution is 5.72. The quantitative estimate of drug-likeness (QED) is 0.820. The number of hydrogen-bond acceptors (Lipinski definition) is 3. The van der Waals surface area contributed by atoms with Crippen molar-refractivity contribution in [3.8, 4) is 11.5 Å². The van der Waals surface area contributed by atoms with Gasteiger partial charge in [0.2, 0.25) is 0 Å². The van der Waals surface area contributed by atoms with Crippen LogP contribution in [0.4, 0.5) is 0 Å². The second kappa shape index (κ2) is 4.68. The molecule has 1 aromatic rings. The van der Waals surface area contributed by atoms with E-state index in [2.05, 4.69) is 0 Å². The first-order valence-electron chi connectivity index (χ1n) is 4.51. The van der Waals surface area contributed by atoms with E-state index in [1.165, 1.54) is 7.11 Å². The smallest absolute Gasteiger partial charge is 0.307 e. The molecule has 0 saturated heterocycles. The highest BCUT2D eigenvalue weighted by Crippen LogP contribution is 2.28. The molecule has 0 heterocycles. The molecule has 0 amide bonds. The van der Waals surface area contributed by atoms with Crippen LogP contribution in [0.3, 0.4) is 0 Å². The van der Waals surface area contributed by atoms with Crippen LogP contribution in [-0.2, 0) is 11.2 Å². The van der Waals surface area contributed by atoms with E-state index in [4.69, 9.17) is 14.6 Å². The molecule has 4 heteroatoms. The van der Waals surface area contributed by atoms with Gasteiger partial charge in [-0.15, -0.1) is 0 Å². The Morgan fingerprint density at radius 3 is 2.47 bits per heavy atom. The molecule has 82 valence electrons. The van der Waals surface area contributed by atoms with Gasteiger partial charge < -0.3 is 14.6 Å². The Kier molecular flexibility index (Phi) is 3.55. The zero-order chi connectivity index (χ0) is 11.4. The van der Waals surface area contributed by atoms with Crippen LogP contribution < -0.4 is 9.47 Å². The minimum atomic E-state index is -0.874. The van der Waals surface area contributed by atoms with E-state index in [0.717, 1.165) is 5.56 Å². The maximum absolute atomic E-state index is 10.7. The molecule has 4 nitrogen and oxygen atoms in total. The third-order valence-corrected chi connectivity index (χ3v) is 2.19. The highest BCUT2D eigenvalue weighted by Gasteiger charge is 2.12. The molecule has 1 N–H and O–H groups in total. The van der Waals surface area contributed by atoms with Gasteiger partial charge >= 0.3 is 5.97 Å². The Bertz CT molecular complexity index is 371. The maximum Gasteiger partial charge on any atom is 0.307 e. The molecule has 0 unspecified atom stereocenters. The number of hydrogen-bond donors (Lipinski definition) is 1. The van der Waals surface area contributed by atoms with Crippen molar-refractivity contribution in [2.24, 2.45) is 0 Å². The van der Waals surface area contributed by atoms with E-state index in [-0.39, 0.29) is 6.42 Å². The van der Waals surface area contributed by atoms with Gasteiger partial charge in [-0.1, -0.05) is 0 Å². The molecule has 0 bridgehead atoms. The van der Waals surface area contributed by atoms with Gasteiger partial charge in [0.1, 0.15) is 11.5 Å². The molecule has 1 aromatic carbocycles. The molecule has 1 rings (SSSR count). The molecule has 0 aliphatic heterocycles. The molecular weight excluding hydrogens is 196 g/mol. The number of methoxy groups -OCH3 is 2. The molecule has 0 aliphatic carbocycles. The lowest BCUT2D eigenvalue weighted by Gasteiger charge is -2.12. The van der Waals surface area contributed by atoms with Crippen LogP contribution in [0.1, 0.15) is 11.1 Å². The monoisotopic (exact) mass is 210 g/mol. The van der Waals surface area contributed by atoms with Gasteiger partial charge in [-0.2, -0.15) is 0 Å². The topological polar surface area (TPSA) is 55.8 Å². The van der Waals surface area contributed by atoms with Crippen molar-refractivity contribution in [3.63, 3.8) is 0 Å². The summed E-state index contributed by atoms with van der Waals surface area (Å²) in [5.74, 6) is 0.342. The normalized spacial score (nSPS) is 9.80. The predicted octanol–water partition coefficient (Wildman–Crippen LogP) is 1.64. The number of ether oxygens (including phenoxy) is 2. The number of carbonyl (C=O) groups is 1. The van der Waals surface area contributed by atoms with Crippen LogP contribution in [-0.4, -0.2) is 25.3 Å². The zero-order valence-electron chi connectivity index (χ0n) is 9.03. The number of aryl methyl sites for hydroxylation is 1. The van der Waals surface area contributed by atoms with Crippen LogP contribution in [0.25, 0.3) is 0 Å². The van der Waals surface area contributed by atoms with E-state index in [1.54, 1.807) is 19.2 Å². The third kappa shape index (κ3) is 2.62. The van der Waals surface area contributed by atoms with Crippen molar-refractivity contribution < 1.29 is 19.4 Å². The SMILES string of the molecule is COc1cc(C)c(CC(=O)O)c(OC)c1. The zero-order valence-corrected chi connectivity index (χ0v) is 9.03. The molecule has 0 atom stereocenters. The van der Waals surface area contributed by atoms with Crippen molar-refractivity contribution in [1.82, 2.24) is 0 Å². The van der Waals surface area contributed by atoms with Gasteiger partial charge in [-0.05, 0) is 18.6 Å². The van der Waals surface area contributed by atoms with Crippen LogP contribution >= 0.6 is 0 Å². The lowest BCUT2D eigenvalue weighted by molar-refractivity contribution is -0.136. The molecule has 0 spiro atoms. The van der Waals surface area contributed by atoms with Crippen molar-refractivity contribution in [3.05, 3.63) is 23.3 Å². The maximum atomic E-state index is 10.7. The van der Waals surface area contributed by atoms with E-state index in [1.807, 2.05) is 6.92 Å². The second-order valence-corrected chi connectivity index (χ2v) is 3.20. The van der Waals surface area contributed by atoms with Crippen LogP contribution in [0.5, 0.6) is 11.5 Å². The largest absolute Gasteiger partial charge is 0.497 e. The second-order valence-electron chi connectivity index (χ2n) is 3.20. The van der Waals surface area contributed by atoms with E-state index in [0.29, 0.717) is 17.1 Å². The van der Waals surface area contributed by atoms with Crippen LogP contribution in [0.15, 0.2) is 12.1 Å². The van der Waals surface area contributed by atoms with Gasteiger partial charge in [-0.25, -0.2) is 0 Å². The van der Waals surface area contributed by atoms with E-state index < -0.39 is 5.97 Å². The van der Waals surface area contributed by atoms with Crippen LogP contribution in [0, 0.1) is 6.92 Å². The Balaban J connectivity index is 3.18. The first kappa shape index (κ1) is 11.4. The molecule has 0 fully saturated rings. The van der Waals surface area contributed by atoms with Crippen molar-refractivity contribution in [2.75, 3.05) is 14.2 Å². The lowest BCUT2D eigenvalue weighted by Crippen LogP contribution is -2.04. The van der Waals surface area contributed by atoms with Gasteiger partial charge in [-0.3, -0.25) is 4.79 Å². The Morgan fingerprint density at radius 2 is 2.00 bits per heavy atom. The summed E-state index contributed by atoms with van der Waals surface area (Å²) in [6.45, 7) is 1.84. The van der Waals surface area contributed by atoms with Gasteiger partial charge in [0, 0.05) is 11.6 Å². The van der Waals surface area contributed by atoms with E-state index in [9.17, 15) is 4.79 Å². The predicted molar refractivity (Wildman–Crippen MR) is 55.6 cm³/mol. The average molecular weight is 210 g/mol. The number of carboxylic acids is 1. The summed E-state index contributed by atoms with van der Waals surface area (Å²) in [4.78, 5) is 10.7. The van der Waals surface area contributed by atoms with Crippen molar-refractivity contribution in [1.29, 1.82) is 0 Å². The Morgan fingerprint density at radius 1 is 1.33 bits per heavy atom. The summed E-state index contributed by atoms with van der Waals surface area (Å²) in [5.41, 5.74) is 1.54. The Hall–Kier alpha value is -1.71. The Labute approximate surface area is 88.4 Å². The molecular formula is C11H14O4. The number of benzene rings is 1. The average Bonchev–Trinajstić information content (AvgIpc) is 2.20. The van der Waals surface area contributed by atoms with E-state index >= 15 is 0 Å². The standard InChI is InChI=1S/C11H14O4/c1-7-4-8(14-2)5-10(15-3)9(7)6-11(12)13/h4-5H,6H2,1-3H3,(H,12,13). The first-order valence-corrected chi connectivity index (χ1v) is 4.51. The summed E-state index contributed by atoms with van der Waals surface area (Å²) in [7, 11) is 3.07. The molecule has 0 saturated carbocycles. The summed E-state index contributed by atoms with van der Waals surface area (Å²) in [5, 5.41) is 8.75. The fourth-order valence-electron chi connectivity index (χ4n) is 1.43. The van der Waals surface area contributed by atoms with Crippen molar-refractivity contribution in [2.45, 2.75) is 13.3 Å². The minimum Gasteiger partial charge on any atom is -0.497 e. The summed E-state index contributed by atoms with van der Waals surface area (Å²) in [6.07, 6.45) is -0.0427. The molecule has 0 aromatic heterocycles. The van der Waals surface area contributed by atoms with Crippen LogP contribution in [0.2, 0.25) is 0 Å². The van der Waals surface area contributed by atoms with Gasteiger partial charge in [0.25, 0.3) is 0 Å². The first-order chi connectivity index (χ1) is 7.08. The summed E-state index contributed by atoms with van der Waals surface area (Å²) >= 11 is 0. The third-order valence-electron chi connectivity index (χ3n) is 2.19. The number of rotatable bonds is 4.